The maximum atomic E-state index is 13.2. The molecule has 3 aromatic rings. The van der Waals surface area contributed by atoms with Gasteiger partial charge < -0.3 is 25.2 Å². The molecule has 3 heterocycles. The Hall–Kier alpha value is -4.21. The lowest BCUT2D eigenvalue weighted by molar-refractivity contribution is -0.110. The number of piperazine rings is 1. The number of likely N-dealkylation sites (N-methyl/N-ethyl adjacent to an activating group) is 2. The van der Waals surface area contributed by atoms with Crippen molar-refractivity contribution in [1.82, 2.24) is 14.8 Å². The maximum Gasteiger partial charge on any atom is 0.356 e. The number of amides is 1. The average molecular weight is 527 g/mol. The highest BCUT2D eigenvalue weighted by molar-refractivity contribution is 6.37. The number of carbonyl (C=O) groups excluding carboxylic acids is 2. The summed E-state index contributed by atoms with van der Waals surface area (Å²) in [6, 6.07) is 21.2. The third kappa shape index (κ3) is 5.94. The summed E-state index contributed by atoms with van der Waals surface area (Å²) in [6.45, 7) is 6.45. The number of nitrogens with zero attached hydrogens (tertiary/aromatic N) is 4. The van der Waals surface area contributed by atoms with E-state index in [4.69, 9.17) is 4.74 Å². The van der Waals surface area contributed by atoms with E-state index < -0.39 is 5.97 Å². The summed E-state index contributed by atoms with van der Waals surface area (Å²) in [5.74, 6) is -0.504. The van der Waals surface area contributed by atoms with E-state index in [2.05, 4.69) is 56.5 Å². The second-order valence-corrected chi connectivity index (χ2v) is 9.89. The largest absolute Gasteiger partial charge is 0.464 e. The van der Waals surface area contributed by atoms with Crippen molar-refractivity contribution in [3.8, 4) is 0 Å². The lowest BCUT2D eigenvalue weighted by Crippen LogP contribution is -2.46. The fourth-order valence-electron chi connectivity index (χ4n) is 4.83. The van der Waals surface area contributed by atoms with Gasteiger partial charge in [0.15, 0.2) is 5.69 Å². The van der Waals surface area contributed by atoms with Crippen molar-refractivity contribution in [1.29, 1.82) is 0 Å². The second-order valence-electron chi connectivity index (χ2n) is 9.89. The molecule has 5 rings (SSSR count). The molecular formula is C30H34N6O3. The minimum absolute atomic E-state index is 0.138. The molecule has 1 saturated heterocycles. The number of aromatic nitrogens is 1. The molecule has 9 heteroatoms. The highest BCUT2D eigenvalue weighted by Crippen LogP contribution is 2.37. The normalized spacial score (nSPS) is 16.8. The molecule has 2 aliphatic rings. The summed E-state index contributed by atoms with van der Waals surface area (Å²) in [7, 11) is 5.59. The molecule has 1 amide bonds. The third-order valence-corrected chi connectivity index (χ3v) is 7.26. The first-order valence-electron chi connectivity index (χ1n) is 13.1. The molecule has 202 valence electrons. The molecule has 0 bridgehead atoms. The van der Waals surface area contributed by atoms with Gasteiger partial charge in [0, 0.05) is 63.3 Å². The first-order valence-corrected chi connectivity index (χ1v) is 13.1. The van der Waals surface area contributed by atoms with E-state index in [-0.39, 0.29) is 11.6 Å². The summed E-state index contributed by atoms with van der Waals surface area (Å²) in [6.07, 6.45) is 0. The number of fused-ring (bicyclic) bond motifs is 1. The quantitative estimate of drug-likeness (QED) is 0.341. The molecule has 0 atom stereocenters. The number of pyridine rings is 1. The molecule has 1 aromatic heterocycles. The molecule has 0 unspecified atom stereocenters. The number of nitrogens with one attached hydrogen (secondary N) is 2. The number of ether oxygens (including phenoxy) is 1. The van der Waals surface area contributed by atoms with Crippen LogP contribution in [0.3, 0.4) is 0 Å². The predicted octanol–water partition coefficient (Wildman–Crippen LogP) is 3.48. The number of hydrogen-bond donors (Lipinski definition) is 2. The van der Waals surface area contributed by atoms with E-state index in [1.165, 1.54) is 7.11 Å². The molecule has 2 N–H and O–H groups in total. The highest BCUT2D eigenvalue weighted by atomic mass is 16.5. The van der Waals surface area contributed by atoms with Crippen LogP contribution in [0.15, 0.2) is 66.7 Å². The fourth-order valence-corrected chi connectivity index (χ4v) is 4.83. The van der Waals surface area contributed by atoms with Crippen molar-refractivity contribution in [2.24, 2.45) is 0 Å². The fraction of sp³-hybridized carbons (Fsp3) is 0.300. The molecule has 1 fully saturated rings. The lowest BCUT2D eigenvalue weighted by atomic mass is 10.0. The number of esters is 1. The molecule has 0 radical (unpaired) electrons. The minimum atomic E-state index is -0.556. The zero-order valence-electron chi connectivity index (χ0n) is 22.6. The van der Waals surface area contributed by atoms with Crippen LogP contribution < -0.4 is 15.5 Å². The van der Waals surface area contributed by atoms with E-state index in [1.807, 2.05) is 42.5 Å². The molecular weight excluding hydrogens is 492 g/mol. The van der Waals surface area contributed by atoms with Crippen molar-refractivity contribution in [3.05, 3.63) is 83.6 Å². The van der Waals surface area contributed by atoms with E-state index in [0.717, 1.165) is 56.2 Å². The van der Waals surface area contributed by atoms with Crippen LogP contribution in [-0.4, -0.2) is 87.1 Å². The van der Waals surface area contributed by atoms with E-state index >= 15 is 0 Å². The van der Waals surface area contributed by atoms with Crippen LogP contribution in [0.25, 0.3) is 11.3 Å². The van der Waals surface area contributed by atoms with Gasteiger partial charge in [0.1, 0.15) is 5.82 Å². The van der Waals surface area contributed by atoms with Crippen LogP contribution in [0.2, 0.25) is 0 Å². The number of methoxy groups -OCH3 is 1. The average Bonchev–Trinajstić information content (AvgIpc) is 3.30. The van der Waals surface area contributed by atoms with Crippen LogP contribution in [-0.2, 0) is 9.53 Å². The Balaban J connectivity index is 1.38. The van der Waals surface area contributed by atoms with Crippen LogP contribution in [0.4, 0.5) is 17.2 Å². The van der Waals surface area contributed by atoms with Gasteiger partial charge in [0.2, 0.25) is 0 Å². The summed E-state index contributed by atoms with van der Waals surface area (Å²) in [4.78, 5) is 36.6. The number of anilines is 3. The van der Waals surface area contributed by atoms with Gasteiger partial charge in [-0.2, -0.15) is 0 Å². The zero-order valence-corrected chi connectivity index (χ0v) is 22.6. The molecule has 2 aliphatic heterocycles. The van der Waals surface area contributed by atoms with Gasteiger partial charge in [0.25, 0.3) is 5.91 Å². The zero-order chi connectivity index (χ0) is 27.4. The van der Waals surface area contributed by atoms with Crippen LogP contribution >= 0.6 is 0 Å². The van der Waals surface area contributed by atoms with Crippen molar-refractivity contribution in [2.45, 2.75) is 0 Å². The summed E-state index contributed by atoms with van der Waals surface area (Å²) in [5.41, 5.74) is 4.74. The van der Waals surface area contributed by atoms with Crippen LogP contribution in [0, 0.1) is 0 Å². The smallest absolute Gasteiger partial charge is 0.356 e. The van der Waals surface area contributed by atoms with Gasteiger partial charge in [-0.15, -0.1) is 0 Å². The molecule has 9 nitrogen and oxygen atoms in total. The lowest BCUT2D eigenvalue weighted by Gasteiger charge is -2.33. The number of carbonyl (C=O) groups is 2. The van der Waals surface area contributed by atoms with Crippen LogP contribution in [0.5, 0.6) is 0 Å². The van der Waals surface area contributed by atoms with Crippen molar-refractivity contribution < 1.29 is 14.3 Å². The number of hydrogen-bond acceptors (Lipinski definition) is 8. The molecule has 0 aliphatic carbocycles. The SMILES string of the molecule is COC(=O)c1ccc2c(n1)NC(=O)/C2=C(\Nc1ccc(N(C)CCN2CCN(C)CC2)cc1)c1ccccc1. The summed E-state index contributed by atoms with van der Waals surface area (Å²) >= 11 is 0. The predicted molar refractivity (Wildman–Crippen MR) is 155 cm³/mol. The topological polar surface area (TPSA) is 90.0 Å². The van der Waals surface area contributed by atoms with E-state index in [1.54, 1.807) is 12.1 Å². The van der Waals surface area contributed by atoms with Gasteiger partial charge in [-0.25, -0.2) is 9.78 Å². The third-order valence-electron chi connectivity index (χ3n) is 7.26. The van der Waals surface area contributed by atoms with Gasteiger partial charge in [-0.3, -0.25) is 9.69 Å². The Kier molecular flexibility index (Phi) is 7.90. The maximum absolute atomic E-state index is 13.2. The van der Waals surface area contributed by atoms with Crippen molar-refractivity contribution in [2.75, 3.05) is 76.0 Å². The Morgan fingerprint density at radius 2 is 1.74 bits per heavy atom. The molecule has 0 saturated carbocycles. The van der Waals surface area contributed by atoms with E-state index in [9.17, 15) is 9.59 Å². The Bertz CT molecular complexity index is 1370. The Labute approximate surface area is 229 Å². The van der Waals surface area contributed by atoms with Crippen molar-refractivity contribution in [3.63, 3.8) is 0 Å². The molecule has 2 aromatic carbocycles. The van der Waals surface area contributed by atoms with Gasteiger partial charge in [-0.1, -0.05) is 30.3 Å². The first kappa shape index (κ1) is 26.4. The van der Waals surface area contributed by atoms with E-state index in [0.29, 0.717) is 22.7 Å². The van der Waals surface area contributed by atoms with Gasteiger partial charge in [0.05, 0.1) is 18.4 Å². The second kappa shape index (κ2) is 11.7. The Morgan fingerprint density at radius 3 is 2.44 bits per heavy atom. The summed E-state index contributed by atoms with van der Waals surface area (Å²) < 4.78 is 4.78. The monoisotopic (exact) mass is 526 g/mol. The number of rotatable bonds is 8. The van der Waals surface area contributed by atoms with Crippen molar-refractivity contribution >= 4 is 40.3 Å². The molecule has 0 spiro atoms. The first-order chi connectivity index (χ1) is 18.9. The summed E-state index contributed by atoms with van der Waals surface area (Å²) in [5, 5.41) is 6.28. The molecule has 39 heavy (non-hydrogen) atoms. The van der Waals surface area contributed by atoms with Gasteiger partial charge in [-0.05, 0) is 49.0 Å². The standard InChI is InChI=1S/C30H34N6O3/c1-34-15-18-36(19-16-34)20-17-35(2)23-11-9-22(10-12-23)31-27(21-7-5-4-6-8-21)26-24-13-14-25(30(38)39-3)32-28(24)33-29(26)37/h4-14,31H,15-20H2,1-3H3,(H,32,33,37)/b27-26-. The number of benzene rings is 2. The highest BCUT2D eigenvalue weighted by Gasteiger charge is 2.30. The minimum Gasteiger partial charge on any atom is -0.464 e. The Morgan fingerprint density at radius 1 is 1.03 bits per heavy atom. The van der Waals surface area contributed by atoms with Gasteiger partial charge >= 0.3 is 5.97 Å². The van der Waals surface area contributed by atoms with Crippen LogP contribution in [0.1, 0.15) is 21.6 Å².